The Labute approximate surface area is 149 Å². The minimum atomic E-state index is -0.0186. The van der Waals surface area contributed by atoms with E-state index in [4.69, 9.17) is 5.11 Å². The fourth-order valence-corrected chi connectivity index (χ4v) is 2.39. The highest BCUT2D eigenvalue weighted by Crippen LogP contribution is 1.99. The summed E-state index contributed by atoms with van der Waals surface area (Å²) in [5.74, 6) is -0.0186. The average molecular weight is 339 g/mol. The number of unbranched alkanes of at least 4 members (excludes halogenated alkanes) is 5. The lowest BCUT2D eigenvalue weighted by molar-refractivity contribution is -0.116. The van der Waals surface area contributed by atoms with E-state index in [1.807, 2.05) is 6.08 Å². The zero-order chi connectivity index (χ0) is 17.9. The summed E-state index contributed by atoms with van der Waals surface area (Å²) in [4.78, 5) is 13.9. The van der Waals surface area contributed by atoms with Gasteiger partial charge in [-0.2, -0.15) is 0 Å². The van der Waals surface area contributed by atoms with E-state index in [-0.39, 0.29) is 12.5 Å². The monoisotopic (exact) mass is 338 g/mol. The topological polar surface area (TPSA) is 52.6 Å². The molecule has 0 aliphatic carbocycles. The molecule has 140 valence electrons. The van der Waals surface area contributed by atoms with Crippen LogP contribution in [0.5, 0.6) is 0 Å². The number of aliphatic hydroxyl groups is 1. The van der Waals surface area contributed by atoms with Gasteiger partial charge in [0.25, 0.3) is 0 Å². The van der Waals surface area contributed by atoms with Crippen LogP contribution in [0.25, 0.3) is 0 Å². The van der Waals surface area contributed by atoms with E-state index in [0.29, 0.717) is 13.1 Å². The normalized spacial score (nSPS) is 11.8. The van der Waals surface area contributed by atoms with Gasteiger partial charge in [0.1, 0.15) is 0 Å². The highest BCUT2D eigenvalue weighted by molar-refractivity contribution is 5.87. The maximum atomic E-state index is 11.7. The van der Waals surface area contributed by atoms with Gasteiger partial charge in [0, 0.05) is 26.2 Å². The number of nitrogens with zero attached hydrogens (tertiary/aromatic N) is 1. The predicted molar refractivity (Wildman–Crippen MR) is 103 cm³/mol. The van der Waals surface area contributed by atoms with Gasteiger partial charge < -0.3 is 10.4 Å². The van der Waals surface area contributed by atoms with E-state index in [1.54, 1.807) is 6.08 Å². The van der Waals surface area contributed by atoms with Gasteiger partial charge in [-0.05, 0) is 31.8 Å². The molecule has 0 spiro atoms. The molecule has 0 aliphatic heterocycles. The molecule has 0 atom stereocenters. The molecular weight excluding hydrogens is 300 g/mol. The first kappa shape index (κ1) is 22.9. The highest BCUT2D eigenvalue weighted by Gasteiger charge is 2.03. The molecule has 0 radical (unpaired) electrons. The summed E-state index contributed by atoms with van der Waals surface area (Å²) in [6, 6.07) is 0. The fourth-order valence-electron chi connectivity index (χ4n) is 2.39. The molecule has 0 heterocycles. The molecular formula is C20H38N2O2. The largest absolute Gasteiger partial charge is 0.395 e. The van der Waals surface area contributed by atoms with Gasteiger partial charge in [-0.25, -0.2) is 0 Å². The van der Waals surface area contributed by atoms with E-state index >= 15 is 0 Å². The number of carbonyl (C=O) groups is 1. The van der Waals surface area contributed by atoms with Gasteiger partial charge in [0.2, 0.25) is 5.91 Å². The van der Waals surface area contributed by atoms with Crippen molar-refractivity contribution in [3.05, 3.63) is 24.3 Å². The molecule has 0 rings (SSSR count). The summed E-state index contributed by atoms with van der Waals surface area (Å²) in [5.41, 5.74) is 0. The zero-order valence-corrected chi connectivity index (χ0v) is 15.8. The van der Waals surface area contributed by atoms with Crippen LogP contribution in [0.2, 0.25) is 0 Å². The van der Waals surface area contributed by atoms with Gasteiger partial charge in [0.05, 0.1) is 6.61 Å². The average Bonchev–Trinajstić information content (AvgIpc) is 2.57. The Kier molecular flexibility index (Phi) is 17.4. The second-order valence-corrected chi connectivity index (χ2v) is 6.16. The Balaban J connectivity index is 3.82. The first-order valence-electron chi connectivity index (χ1n) is 9.67. The number of aliphatic hydroxyl groups excluding tert-OH is 1. The highest BCUT2D eigenvalue weighted by atomic mass is 16.3. The van der Waals surface area contributed by atoms with Gasteiger partial charge >= 0.3 is 0 Å². The zero-order valence-electron chi connectivity index (χ0n) is 15.8. The van der Waals surface area contributed by atoms with Crippen molar-refractivity contribution in [3.8, 4) is 0 Å². The molecule has 24 heavy (non-hydrogen) atoms. The molecule has 4 heteroatoms. The van der Waals surface area contributed by atoms with Crippen molar-refractivity contribution in [3.63, 3.8) is 0 Å². The van der Waals surface area contributed by atoms with E-state index in [1.165, 1.54) is 25.7 Å². The van der Waals surface area contributed by atoms with E-state index < -0.39 is 0 Å². The van der Waals surface area contributed by atoms with E-state index in [2.05, 4.69) is 36.2 Å². The van der Waals surface area contributed by atoms with Crippen LogP contribution in [0.15, 0.2) is 24.3 Å². The standard InChI is InChI=1S/C20H38N2O2/c1-3-5-7-9-11-13-16-22(18-19-23)17-15-21-20(24)14-12-10-8-6-4-2/h9,11-12,14,23H,3-8,10,13,15-19H2,1-2H3,(H,21,24)/b11-9+,14-12+. The molecule has 2 N–H and O–H groups in total. The SMILES string of the molecule is CCCC/C=C/CCN(CCO)CCNC(=O)/C=C/CCCCC. The maximum Gasteiger partial charge on any atom is 0.243 e. The van der Waals surface area contributed by atoms with Crippen molar-refractivity contribution in [1.82, 2.24) is 10.2 Å². The van der Waals surface area contributed by atoms with Crippen molar-refractivity contribution in [2.24, 2.45) is 0 Å². The number of rotatable bonds is 16. The second kappa shape index (κ2) is 18.2. The van der Waals surface area contributed by atoms with E-state index in [0.717, 1.165) is 38.8 Å². The summed E-state index contributed by atoms with van der Waals surface area (Å²) in [5, 5.41) is 12.1. The Morgan fingerprint density at radius 2 is 1.62 bits per heavy atom. The van der Waals surface area contributed by atoms with Crippen molar-refractivity contribution in [2.45, 2.75) is 65.2 Å². The summed E-state index contributed by atoms with van der Waals surface area (Å²) < 4.78 is 0. The third-order valence-corrected chi connectivity index (χ3v) is 3.89. The Bertz CT molecular complexity index is 341. The van der Waals surface area contributed by atoms with Crippen LogP contribution in [0, 0.1) is 0 Å². The van der Waals surface area contributed by atoms with Crippen LogP contribution >= 0.6 is 0 Å². The molecule has 0 saturated heterocycles. The first-order valence-corrected chi connectivity index (χ1v) is 9.67. The first-order chi connectivity index (χ1) is 11.7. The summed E-state index contributed by atoms with van der Waals surface area (Å²) in [6.45, 7) is 7.51. The van der Waals surface area contributed by atoms with Gasteiger partial charge in [-0.15, -0.1) is 0 Å². The third kappa shape index (κ3) is 15.8. The maximum absolute atomic E-state index is 11.7. The fraction of sp³-hybridized carbons (Fsp3) is 0.750. The van der Waals surface area contributed by atoms with Crippen molar-refractivity contribution in [2.75, 3.05) is 32.8 Å². The lowest BCUT2D eigenvalue weighted by Gasteiger charge is -2.20. The summed E-state index contributed by atoms with van der Waals surface area (Å²) in [7, 11) is 0. The number of hydrogen-bond acceptors (Lipinski definition) is 3. The summed E-state index contributed by atoms with van der Waals surface area (Å²) >= 11 is 0. The minimum absolute atomic E-state index is 0.0186. The molecule has 0 aromatic carbocycles. The number of nitrogens with one attached hydrogen (secondary N) is 1. The molecule has 0 saturated carbocycles. The molecule has 4 nitrogen and oxygen atoms in total. The molecule has 0 fully saturated rings. The summed E-state index contributed by atoms with van der Waals surface area (Å²) in [6.07, 6.45) is 17.2. The molecule has 1 amide bonds. The lowest BCUT2D eigenvalue weighted by atomic mass is 10.2. The van der Waals surface area contributed by atoms with Crippen LogP contribution in [0.4, 0.5) is 0 Å². The molecule has 0 bridgehead atoms. The van der Waals surface area contributed by atoms with Crippen molar-refractivity contribution < 1.29 is 9.90 Å². The van der Waals surface area contributed by atoms with Crippen LogP contribution in [-0.2, 0) is 4.79 Å². The third-order valence-electron chi connectivity index (χ3n) is 3.89. The van der Waals surface area contributed by atoms with Gasteiger partial charge in [0.15, 0.2) is 0 Å². The lowest BCUT2D eigenvalue weighted by Crippen LogP contribution is -2.36. The molecule has 0 aromatic heterocycles. The Morgan fingerprint density at radius 1 is 0.917 bits per heavy atom. The number of hydrogen-bond donors (Lipinski definition) is 2. The molecule has 0 aliphatic rings. The quantitative estimate of drug-likeness (QED) is 0.256. The second-order valence-electron chi connectivity index (χ2n) is 6.16. The molecule has 0 unspecified atom stereocenters. The smallest absolute Gasteiger partial charge is 0.243 e. The number of allylic oxidation sites excluding steroid dienone is 2. The molecule has 0 aromatic rings. The van der Waals surface area contributed by atoms with Gasteiger partial charge in [-0.3, -0.25) is 9.69 Å². The van der Waals surface area contributed by atoms with E-state index in [9.17, 15) is 4.79 Å². The van der Waals surface area contributed by atoms with Crippen LogP contribution in [0.3, 0.4) is 0 Å². The minimum Gasteiger partial charge on any atom is -0.395 e. The van der Waals surface area contributed by atoms with Crippen LogP contribution in [-0.4, -0.2) is 48.7 Å². The van der Waals surface area contributed by atoms with Crippen molar-refractivity contribution in [1.29, 1.82) is 0 Å². The number of carbonyl (C=O) groups excluding carboxylic acids is 1. The van der Waals surface area contributed by atoms with Crippen LogP contribution in [0.1, 0.15) is 65.2 Å². The van der Waals surface area contributed by atoms with Crippen LogP contribution < -0.4 is 5.32 Å². The van der Waals surface area contributed by atoms with Crippen molar-refractivity contribution >= 4 is 5.91 Å². The Morgan fingerprint density at radius 3 is 2.33 bits per heavy atom. The van der Waals surface area contributed by atoms with Gasteiger partial charge in [-0.1, -0.05) is 57.8 Å². The Hall–Kier alpha value is -1.13. The predicted octanol–water partition coefficient (Wildman–Crippen LogP) is 3.67. The number of amides is 1.